The van der Waals surface area contributed by atoms with Crippen LogP contribution >= 0.6 is 11.3 Å². The molecular weight excluding hydrogens is 639 g/mol. The highest BCUT2D eigenvalue weighted by Gasteiger charge is 2.17. The second-order valence-corrected chi connectivity index (χ2v) is 14.3. The van der Waals surface area contributed by atoms with Gasteiger partial charge in [0, 0.05) is 59.3 Å². The molecule has 238 valence electrons. The standard InChI is InChI=1S/C47H29N3S/c1-5-19-43-36(14-1)40-17-9-25-48-47(40)50(43)35-22-24-44-41(29-35)37-15-2-4-18-42(37)49(44)34-13-8-12-32(27-34)30-10-7-11-31(26-30)33-21-23-39-38-16-3-6-20-45(38)51-46(39)28-33/h1-29H. The van der Waals surface area contributed by atoms with E-state index in [4.69, 9.17) is 4.98 Å². The Morgan fingerprint density at radius 1 is 0.353 bits per heavy atom. The summed E-state index contributed by atoms with van der Waals surface area (Å²) in [5.74, 6) is 0. The molecule has 0 spiro atoms. The lowest BCUT2D eigenvalue weighted by Gasteiger charge is -2.12. The second kappa shape index (κ2) is 11.0. The molecule has 0 saturated carbocycles. The molecule has 4 heteroatoms. The summed E-state index contributed by atoms with van der Waals surface area (Å²) in [6.07, 6.45) is 1.88. The molecule has 0 N–H and O–H groups in total. The number of benzene rings is 7. The van der Waals surface area contributed by atoms with Crippen LogP contribution in [0, 0.1) is 0 Å². The molecule has 4 heterocycles. The number of nitrogens with zero attached hydrogens (tertiary/aromatic N) is 3. The molecule has 7 aromatic carbocycles. The summed E-state index contributed by atoms with van der Waals surface area (Å²) in [7, 11) is 0. The lowest BCUT2D eigenvalue weighted by atomic mass is 9.98. The number of rotatable bonds is 4. The molecule has 0 aliphatic rings. The normalized spacial score (nSPS) is 11.9. The fourth-order valence-electron chi connectivity index (χ4n) is 8.04. The van der Waals surface area contributed by atoms with Crippen molar-refractivity contribution in [1.82, 2.24) is 14.1 Å². The van der Waals surface area contributed by atoms with Gasteiger partial charge in [-0.3, -0.25) is 4.57 Å². The number of thiophene rings is 1. The lowest BCUT2D eigenvalue weighted by molar-refractivity contribution is 1.13. The van der Waals surface area contributed by atoms with E-state index in [1.54, 1.807) is 0 Å². The molecule has 11 aromatic rings. The highest BCUT2D eigenvalue weighted by molar-refractivity contribution is 7.25. The van der Waals surface area contributed by atoms with Gasteiger partial charge >= 0.3 is 0 Å². The van der Waals surface area contributed by atoms with E-state index >= 15 is 0 Å². The minimum atomic E-state index is 0.973. The van der Waals surface area contributed by atoms with Gasteiger partial charge in [-0.2, -0.15) is 0 Å². The van der Waals surface area contributed by atoms with Crippen LogP contribution in [0.2, 0.25) is 0 Å². The average molecular weight is 668 g/mol. The zero-order valence-corrected chi connectivity index (χ0v) is 28.3. The van der Waals surface area contributed by atoms with E-state index in [1.165, 1.54) is 69.6 Å². The molecule has 11 rings (SSSR count). The lowest BCUT2D eigenvalue weighted by Crippen LogP contribution is -1.97. The molecule has 0 unspecified atom stereocenters. The highest BCUT2D eigenvalue weighted by Crippen LogP contribution is 2.39. The van der Waals surface area contributed by atoms with Gasteiger partial charge < -0.3 is 4.57 Å². The number of hydrogen-bond acceptors (Lipinski definition) is 2. The quantitative estimate of drug-likeness (QED) is 0.183. The number of fused-ring (bicyclic) bond motifs is 9. The molecule has 0 radical (unpaired) electrons. The summed E-state index contributed by atoms with van der Waals surface area (Å²) >= 11 is 1.87. The minimum Gasteiger partial charge on any atom is -0.309 e. The van der Waals surface area contributed by atoms with Crippen LogP contribution in [0.15, 0.2) is 176 Å². The van der Waals surface area contributed by atoms with Gasteiger partial charge in [0.25, 0.3) is 0 Å². The van der Waals surface area contributed by atoms with Crippen LogP contribution in [0.25, 0.3) is 97.5 Å². The minimum absolute atomic E-state index is 0.973. The van der Waals surface area contributed by atoms with E-state index in [0.29, 0.717) is 0 Å². The van der Waals surface area contributed by atoms with Gasteiger partial charge in [0.15, 0.2) is 0 Å². The summed E-state index contributed by atoms with van der Waals surface area (Å²) in [5, 5.41) is 7.48. The van der Waals surface area contributed by atoms with Crippen LogP contribution in [0.4, 0.5) is 0 Å². The molecule has 0 amide bonds. The molecular formula is C47H29N3S. The summed E-state index contributed by atoms with van der Waals surface area (Å²) in [6, 6.07) is 61.8. The van der Waals surface area contributed by atoms with Crippen molar-refractivity contribution in [3.8, 4) is 33.6 Å². The number of pyridine rings is 1. The summed E-state index contributed by atoms with van der Waals surface area (Å²) in [6.45, 7) is 0. The smallest absolute Gasteiger partial charge is 0.145 e. The van der Waals surface area contributed by atoms with Crippen molar-refractivity contribution in [2.24, 2.45) is 0 Å². The first kappa shape index (κ1) is 28.4. The molecule has 3 nitrogen and oxygen atoms in total. The third-order valence-electron chi connectivity index (χ3n) is 10.4. The van der Waals surface area contributed by atoms with Crippen LogP contribution in [-0.4, -0.2) is 14.1 Å². The first-order valence-corrected chi connectivity index (χ1v) is 18.1. The van der Waals surface area contributed by atoms with Crippen molar-refractivity contribution in [2.45, 2.75) is 0 Å². The fraction of sp³-hybridized carbons (Fsp3) is 0. The predicted octanol–water partition coefficient (Wildman–Crippen LogP) is 13.0. The Kier molecular flexibility index (Phi) is 6.12. The third-order valence-corrected chi connectivity index (χ3v) is 11.5. The zero-order chi connectivity index (χ0) is 33.5. The maximum atomic E-state index is 4.83. The van der Waals surface area contributed by atoms with Crippen molar-refractivity contribution >= 4 is 75.3 Å². The van der Waals surface area contributed by atoms with E-state index in [1.807, 2.05) is 23.6 Å². The van der Waals surface area contributed by atoms with Crippen molar-refractivity contribution in [2.75, 3.05) is 0 Å². The SMILES string of the molecule is c1cc(-c2cccc(-n3c4ccccc4c4cc(-n5c6ccccc6c6cccnc65)ccc43)c2)cc(-c2ccc3c(c2)sc2ccccc23)c1. The molecule has 0 saturated heterocycles. The van der Waals surface area contributed by atoms with Crippen molar-refractivity contribution in [1.29, 1.82) is 0 Å². The van der Waals surface area contributed by atoms with Crippen LogP contribution < -0.4 is 0 Å². The van der Waals surface area contributed by atoms with Crippen LogP contribution in [-0.2, 0) is 0 Å². The van der Waals surface area contributed by atoms with Crippen LogP contribution in [0.3, 0.4) is 0 Å². The van der Waals surface area contributed by atoms with E-state index in [-0.39, 0.29) is 0 Å². The highest BCUT2D eigenvalue weighted by atomic mass is 32.1. The van der Waals surface area contributed by atoms with Gasteiger partial charge in [0.05, 0.1) is 16.6 Å². The van der Waals surface area contributed by atoms with Gasteiger partial charge in [-0.25, -0.2) is 4.98 Å². The van der Waals surface area contributed by atoms with E-state index in [9.17, 15) is 0 Å². The Labute approximate surface area is 297 Å². The largest absolute Gasteiger partial charge is 0.309 e. The van der Waals surface area contributed by atoms with Crippen molar-refractivity contribution < 1.29 is 0 Å². The molecule has 0 bridgehead atoms. The molecule has 0 aliphatic heterocycles. The Morgan fingerprint density at radius 3 is 1.80 bits per heavy atom. The Morgan fingerprint density at radius 2 is 0.961 bits per heavy atom. The van der Waals surface area contributed by atoms with Gasteiger partial charge in [0.2, 0.25) is 0 Å². The Balaban J connectivity index is 1.04. The average Bonchev–Trinajstić information content (AvgIpc) is 3.85. The first-order chi connectivity index (χ1) is 25.3. The predicted molar refractivity (Wildman–Crippen MR) is 217 cm³/mol. The summed E-state index contributed by atoms with van der Waals surface area (Å²) in [5.41, 5.74) is 11.6. The van der Waals surface area contributed by atoms with Gasteiger partial charge in [-0.05, 0) is 95.1 Å². The van der Waals surface area contributed by atoms with Gasteiger partial charge in [0.1, 0.15) is 5.65 Å². The molecule has 0 fully saturated rings. The number of hydrogen-bond donors (Lipinski definition) is 0. The molecule has 4 aromatic heterocycles. The molecule has 0 atom stereocenters. The fourth-order valence-corrected chi connectivity index (χ4v) is 9.19. The van der Waals surface area contributed by atoms with Gasteiger partial charge in [-0.1, -0.05) is 97.1 Å². The Bertz CT molecular complexity index is 3100. The molecule has 0 aliphatic carbocycles. The topological polar surface area (TPSA) is 22.8 Å². The van der Waals surface area contributed by atoms with Crippen LogP contribution in [0.1, 0.15) is 0 Å². The Hall–Kier alpha value is -6.49. The maximum absolute atomic E-state index is 4.83. The van der Waals surface area contributed by atoms with Crippen molar-refractivity contribution in [3.05, 3.63) is 176 Å². The first-order valence-electron chi connectivity index (χ1n) is 17.3. The zero-order valence-electron chi connectivity index (χ0n) is 27.5. The van der Waals surface area contributed by atoms with E-state index in [0.717, 1.165) is 27.9 Å². The van der Waals surface area contributed by atoms with Crippen molar-refractivity contribution in [3.63, 3.8) is 0 Å². The monoisotopic (exact) mass is 667 g/mol. The molecule has 51 heavy (non-hydrogen) atoms. The van der Waals surface area contributed by atoms with Crippen LogP contribution in [0.5, 0.6) is 0 Å². The summed E-state index contributed by atoms with van der Waals surface area (Å²) in [4.78, 5) is 4.83. The third kappa shape index (κ3) is 4.33. The number of aromatic nitrogens is 3. The van der Waals surface area contributed by atoms with E-state index < -0.39 is 0 Å². The number of para-hydroxylation sites is 2. The second-order valence-electron chi connectivity index (χ2n) is 13.2. The summed E-state index contributed by atoms with van der Waals surface area (Å²) < 4.78 is 7.36. The van der Waals surface area contributed by atoms with E-state index in [2.05, 4.69) is 173 Å². The maximum Gasteiger partial charge on any atom is 0.145 e. The van der Waals surface area contributed by atoms with Gasteiger partial charge in [-0.15, -0.1) is 11.3 Å².